The van der Waals surface area contributed by atoms with E-state index in [1.165, 1.54) is 0 Å². The molecule has 0 amide bonds. The van der Waals surface area contributed by atoms with Gasteiger partial charge in [-0.1, -0.05) is 49.3 Å². The van der Waals surface area contributed by atoms with Crippen molar-refractivity contribution < 1.29 is 9.94 Å². The van der Waals surface area contributed by atoms with Crippen LogP contribution in [-0.4, -0.2) is 10.9 Å². The van der Waals surface area contributed by atoms with E-state index in [2.05, 4.69) is 25.1 Å². The summed E-state index contributed by atoms with van der Waals surface area (Å²) in [5, 5.41) is 12.4. The quantitative estimate of drug-likeness (QED) is 0.464. The first kappa shape index (κ1) is 16.1. The summed E-state index contributed by atoms with van der Waals surface area (Å²) in [6.45, 7) is 6.68. The standard InChI is InChI=1S/C19H23NO2/c1-4-14(2)19-12-17(10-11-18(19)15(3)20-21)22-13-16-8-6-5-7-9-16/h5-12,14,21H,4,13H2,1-3H3. The molecule has 2 aromatic carbocycles. The molecule has 0 fully saturated rings. The van der Waals surface area contributed by atoms with Crippen LogP contribution in [0.1, 0.15) is 49.8 Å². The molecule has 22 heavy (non-hydrogen) atoms. The Labute approximate surface area is 132 Å². The van der Waals surface area contributed by atoms with Crippen molar-refractivity contribution in [1.29, 1.82) is 0 Å². The highest BCUT2D eigenvalue weighted by Crippen LogP contribution is 2.28. The summed E-state index contributed by atoms with van der Waals surface area (Å²) in [6, 6.07) is 16.1. The van der Waals surface area contributed by atoms with Gasteiger partial charge in [0.1, 0.15) is 12.4 Å². The molecular formula is C19H23NO2. The average molecular weight is 297 g/mol. The maximum Gasteiger partial charge on any atom is 0.120 e. The lowest BCUT2D eigenvalue weighted by molar-refractivity contribution is 0.305. The van der Waals surface area contributed by atoms with Gasteiger partial charge in [-0.3, -0.25) is 0 Å². The third kappa shape index (κ3) is 3.88. The van der Waals surface area contributed by atoms with Crippen molar-refractivity contribution in [2.45, 2.75) is 39.7 Å². The van der Waals surface area contributed by atoms with E-state index >= 15 is 0 Å². The fourth-order valence-electron chi connectivity index (χ4n) is 2.38. The van der Waals surface area contributed by atoms with Gasteiger partial charge in [0.25, 0.3) is 0 Å². The van der Waals surface area contributed by atoms with Crippen molar-refractivity contribution >= 4 is 5.71 Å². The molecule has 1 N–H and O–H groups in total. The van der Waals surface area contributed by atoms with Crippen LogP contribution < -0.4 is 4.74 Å². The lowest BCUT2D eigenvalue weighted by Crippen LogP contribution is -2.05. The third-order valence-corrected chi connectivity index (χ3v) is 3.95. The molecule has 1 atom stereocenters. The summed E-state index contributed by atoms with van der Waals surface area (Å²) in [6.07, 6.45) is 1.02. The van der Waals surface area contributed by atoms with Crippen molar-refractivity contribution in [3.8, 4) is 5.75 Å². The fourth-order valence-corrected chi connectivity index (χ4v) is 2.38. The number of hydrogen-bond acceptors (Lipinski definition) is 3. The van der Waals surface area contributed by atoms with Crippen molar-refractivity contribution in [3.05, 3.63) is 65.2 Å². The summed E-state index contributed by atoms with van der Waals surface area (Å²) in [5.74, 6) is 1.22. The highest BCUT2D eigenvalue weighted by atomic mass is 16.5. The van der Waals surface area contributed by atoms with Crippen LogP contribution in [-0.2, 0) is 6.61 Å². The second-order valence-electron chi connectivity index (χ2n) is 5.52. The fraction of sp³-hybridized carbons (Fsp3) is 0.316. The molecule has 0 bridgehead atoms. The maximum absolute atomic E-state index is 9.05. The molecule has 0 aliphatic heterocycles. The Morgan fingerprint density at radius 3 is 2.55 bits per heavy atom. The second-order valence-corrected chi connectivity index (χ2v) is 5.52. The molecule has 3 nitrogen and oxygen atoms in total. The molecule has 0 aliphatic rings. The van der Waals surface area contributed by atoms with Crippen LogP contribution in [0.4, 0.5) is 0 Å². The van der Waals surface area contributed by atoms with Gasteiger partial charge in [0.2, 0.25) is 0 Å². The van der Waals surface area contributed by atoms with Crippen LogP contribution in [0.25, 0.3) is 0 Å². The average Bonchev–Trinajstić information content (AvgIpc) is 2.59. The Bertz CT molecular complexity index is 635. The smallest absolute Gasteiger partial charge is 0.120 e. The summed E-state index contributed by atoms with van der Waals surface area (Å²) in [4.78, 5) is 0. The molecule has 0 spiro atoms. The van der Waals surface area contributed by atoms with Crippen molar-refractivity contribution in [2.75, 3.05) is 0 Å². The predicted octanol–water partition coefficient (Wildman–Crippen LogP) is 4.98. The van der Waals surface area contributed by atoms with Gasteiger partial charge >= 0.3 is 0 Å². The van der Waals surface area contributed by atoms with Crippen LogP contribution in [0.3, 0.4) is 0 Å². The molecule has 2 rings (SSSR count). The first-order valence-electron chi connectivity index (χ1n) is 7.65. The molecule has 0 saturated heterocycles. The van der Waals surface area contributed by atoms with E-state index in [9.17, 15) is 0 Å². The SMILES string of the molecule is CCC(C)c1cc(OCc2ccccc2)ccc1C(C)=NO. The van der Waals surface area contributed by atoms with Crippen molar-refractivity contribution in [1.82, 2.24) is 0 Å². The van der Waals surface area contributed by atoms with Crippen molar-refractivity contribution in [3.63, 3.8) is 0 Å². The summed E-state index contributed by atoms with van der Waals surface area (Å²) in [5.41, 5.74) is 3.90. The zero-order valence-corrected chi connectivity index (χ0v) is 13.4. The van der Waals surface area contributed by atoms with Gasteiger partial charge in [-0.2, -0.15) is 0 Å². The van der Waals surface area contributed by atoms with E-state index < -0.39 is 0 Å². The Morgan fingerprint density at radius 2 is 1.91 bits per heavy atom. The molecule has 0 aliphatic carbocycles. The number of nitrogens with zero attached hydrogens (tertiary/aromatic N) is 1. The van der Waals surface area contributed by atoms with E-state index in [-0.39, 0.29) is 0 Å². The predicted molar refractivity (Wildman–Crippen MR) is 89.9 cm³/mol. The van der Waals surface area contributed by atoms with Crippen LogP contribution >= 0.6 is 0 Å². The minimum absolute atomic E-state index is 0.381. The Hall–Kier alpha value is -2.29. The minimum atomic E-state index is 0.381. The molecule has 0 aromatic heterocycles. The number of benzene rings is 2. The normalized spacial score (nSPS) is 13.0. The Kier molecular flexibility index (Phi) is 5.59. The van der Waals surface area contributed by atoms with E-state index in [1.54, 1.807) is 0 Å². The maximum atomic E-state index is 9.05. The number of ether oxygens (including phenoxy) is 1. The second kappa shape index (κ2) is 7.64. The number of rotatable bonds is 6. The molecule has 0 saturated carbocycles. The first-order chi connectivity index (χ1) is 10.7. The molecule has 0 radical (unpaired) electrons. The van der Waals surface area contributed by atoms with Gasteiger partial charge in [0, 0.05) is 5.56 Å². The monoisotopic (exact) mass is 297 g/mol. The molecule has 1 unspecified atom stereocenters. The lowest BCUT2D eigenvalue weighted by atomic mass is 9.91. The van der Waals surface area contributed by atoms with Gasteiger partial charge in [-0.25, -0.2) is 0 Å². The summed E-state index contributed by atoms with van der Waals surface area (Å²) >= 11 is 0. The lowest BCUT2D eigenvalue weighted by Gasteiger charge is -2.16. The highest BCUT2D eigenvalue weighted by Gasteiger charge is 2.13. The zero-order valence-electron chi connectivity index (χ0n) is 13.4. The third-order valence-electron chi connectivity index (χ3n) is 3.95. The zero-order chi connectivity index (χ0) is 15.9. The van der Waals surface area contributed by atoms with Crippen LogP contribution in [0.2, 0.25) is 0 Å². The van der Waals surface area contributed by atoms with Gasteiger partial charge in [0.05, 0.1) is 5.71 Å². The molecule has 116 valence electrons. The number of hydrogen-bond donors (Lipinski definition) is 1. The Balaban J connectivity index is 2.23. The van der Waals surface area contributed by atoms with Crippen LogP contribution in [0.5, 0.6) is 5.75 Å². The topological polar surface area (TPSA) is 41.8 Å². The van der Waals surface area contributed by atoms with Gasteiger partial charge in [-0.05, 0) is 48.6 Å². The number of oxime groups is 1. The molecule has 0 heterocycles. The van der Waals surface area contributed by atoms with Gasteiger partial charge in [-0.15, -0.1) is 0 Å². The van der Waals surface area contributed by atoms with Crippen LogP contribution in [0.15, 0.2) is 53.7 Å². The van der Waals surface area contributed by atoms with E-state index in [4.69, 9.17) is 9.94 Å². The highest BCUT2D eigenvalue weighted by molar-refractivity contribution is 5.99. The first-order valence-corrected chi connectivity index (χ1v) is 7.65. The Morgan fingerprint density at radius 1 is 1.18 bits per heavy atom. The van der Waals surface area contributed by atoms with Gasteiger partial charge < -0.3 is 9.94 Å². The molecular weight excluding hydrogens is 274 g/mol. The van der Waals surface area contributed by atoms with Crippen LogP contribution in [0, 0.1) is 0 Å². The minimum Gasteiger partial charge on any atom is -0.489 e. The van der Waals surface area contributed by atoms with Crippen molar-refractivity contribution in [2.24, 2.45) is 5.16 Å². The molecule has 3 heteroatoms. The van der Waals surface area contributed by atoms with E-state index in [0.717, 1.165) is 28.9 Å². The largest absolute Gasteiger partial charge is 0.489 e. The molecule has 2 aromatic rings. The van der Waals surface area contributed by atoms with E-state index in [0.29, 0.717) is 18.2 Å². The van der Waals surface area contributed by atoms with Gasteiger partial charge in [0.15, 0.2) is 0 Å². The van der Waals surface area contributed by atoms with E-state index in [1.807, 2.05) is 49.4 Å². The summed E-state index contributed by atoms with van der Waals surface area (Å²) < 4.78 is 5.89. The summed E-state index contributed by atoms with van der Waals surface area (Å²) in [7, 11) is 0.